The van der Waals surface area contributed by atoms with Crippen molar-refractivity contribution in [3.8, 4) is 0 Å². The van der Waals surface area contributed by atoms with E-state index in [1.165, 1.54) is 11.1 Å². The van der Waals surface area contributed by atoms with Gasteiger partial charge in [0, 0.05) is 12.1 Å². The van der Waals surface area contributed by atoms with Gasteiger partial charge in [0.1, 0.15) is 0 Å². The molecule has 0 unspecified atom stereocenters. The van der Waals surface area contributed by atoms with E-state index in [-0.39, 0.29) is 0 Å². The maximum absolute atomic E-state index is 2.23. The average molecular weight is 308 g/mol. The Morgan fingerprint density at radius 2 is 1.33 bits per heavy atom. The summed E-state index contributed by atoms with van der Waals surface area (Å²) < 4.78 is 2.00. The first kappa shape index (κ1) is 10.4. The molecule has 2 heteroatoms. The van der Waals surface area contributed by atoms with Gasteiger partial charge in [0.05, 0.1) is 0 Å². The van der Waals surface area contributed by atoms with Gasteiger partial charge in [-0.1, -0.05) is 42.5 Å². The van der Waals surface area contributed by atoms with E-state index < -0.39 is 0 Å². The molecule has 0 aliphatic heterocycles. The molecule has 0 aliphatic rings. The predicted molar refractivity (Wildman–Crippen MR) is 71.4 cm³/mol. The summed E-state index contributed by atoms with van der Waals surface area (Å²) in [7, 11) is 0. The zero-order chi connectivity index (χ0) is 10.5. The van der Waals surface area contributed by atoms with Crippen molar-refractivity contribution in [2.75, 3.05) is 0 Å². The Bertz CT molecular complexity index is 446. The van der Waals surface area contributed by atoms with Gasteiger partial charge >= 0.3 is 22.9 Å². The van der Waals surface area contributed by atoms with Crippen LogP contribution in [0.25, 0.3) is 12.2 Å². The van der Waals surface area contributed by atoms with Crippen LogP contribution >= 0.6 is 22.9 Å². The van der Waals surface area contributed by atoms with E-state index in [0.29, 0.717) is 0 Å². The van der Waals surface area contributed by atoms with E-state index in [9.17, 15) is 0 Å². The number of pyridine rings is 1. The minimum atomic E-state index is 1.21. The van der Waals surface area contributed by atoms with Crippen LogP contribution in [-0.2, 0) is 0 Å². The van der Waals surface area contributed by atoms with Gasteiger partial charge in [-0.05, 0) is 11.1 Å². The van der Waals surface area contributed by atoms with Crippen molar-refractivity contribution in [3.05, 3.63) is 66.0 Å². The monoisotopic (exact) mass is 308 g/mol. The molecule has 0 saturated carbocycles. The zero-order valence-electron chi connectivity index (χ0n) is 8.18. The third-order valence-corrected chi connectivity index (χ3v) is 2.73. The lowest BCUT2D eigenvalue weighted by molar-refractivity contribution is -0.440. The molecule has 0 N–H and O–H groups in total. The average Bonchev–Trinajstić information content (AvgIpc) is 2.30. The predicted octanol–water partition coefficient (Wildman–Crippen LogP) is 3.34. The molecular weight excluding hydrogens is 297 g/mol. The molecule has 0 saturated heterocycles. The Morgan fingerprint density at radius 3 is 1.93 bits per heavy atom. The van der Waals surface area contributed by atoms with E-state index >= 15 is 0 Å². The molecule has 0 aliphatic carbocycles. The van der Waals surface area contributed by atoms with Gasteiger partial charge in [-0.3, -0.25) is 0 Å². The maximum atomic E-state index is 2.23. The molecule has 0 atom stereocenters. The van der Waals surface area contributed by atoms with Crippen LogP contribution in [0.15, 0.2) is 54.9 Å². The van der Waals surface area contributed by atoms with Crippen molar-refractivity contribution in [1.82, 2.24) is 0 Å². The summed E-state index contributed by atoms with van der Waals surface area (Å²) in [5.41, 5.74) is 2.44. The second-order valence-electron chi connectivity index (χ2n) is 3.22. The number of halogens is 1. The Kier molecular flexibility index (Phi) is 3.50. The van der Waals surface area contributed by atoms with E-state index in [1.54, 1.807) is 0 Å². The topological polar surface area (TPSA) is 3.88 Å². The van der Waals surface area contributed by atoms with Crippen molar-refractivity contribution < 1.29 is 2.78 Å². The molecule has 2 rings (SSSR count). The molecule has 1 nitrogen and oxygen atoms in total. The van der Waals surface area contributed by atoms with E-state index in [2.05, 4.69) is 59.3 Å². The largest absolute Gasteiger partial charge is 0.353 e. The highest BCUT2D eigenvalue weighted by Gasteiger charge is 1.92. The van der Waals surface area contributed by atoms with Gasteiger partial charge < -0.3 is 0 Å². The van der Waals surface area contributed by atoms with Gasteiger partial charge in [0.2, 0.25) is 0 Å². The third-order valence-electron chi connectivity index (χ3n) is 2.09. The first-order chi connectivity index (χ1) is 7.34. The fraction of sp³-hybridized carbons (Fsp3) is 0. The second-order valence-corrected chi connectivity index (χ2v) is 4.33. The van der Waals surface area contributed by atoms with Crippen LogP contribution in [0.1, 0.15) is 11.1 Å². The quantitative estimate of drug-likeness (QED) is 0.749. The van der Waals surface area contributed by atoms with Crippen molar-refractivity contribution in [2.45, 2.75) is 0 Å². The number of hydrogen-bond donors (Lipinski definition) is 0. The number of rotatable bonds is 2. The van der Waals surface area contributed by atoms with Crippen molar-refractivity contribution in [2.24, 2.45) is 0 Å². The van der Waals surface area contributed by atoms with Crippen LogP contribution in [-0.4, -0.2) is 0 Å². The normalized spacial score (nSPS) is 10.7. The molecule has 74 valence electrons. The Hall–Kier alpha value is -1.16. The van der Waals surface area contributed by atoms with Crippen molar-refractivity contribution in [3.63, 3.8) is 0 Å². The van der Waals surface area contributed by atoms with Crippen molar-refractivity contribution >= 4 is 35.0 Å². The molecule has 2 aromatic rings. The first-order valence-corrected chi connectivity index (χ1v) is 5.72. The van der Waals surface area contributed by atoms with Crippen LogP contribution < -0.4 is 2.78 Å². The lowest BCUT2D eigenvalue weighted by Gasteiger charge is -1.92. The lowest BCUT2D eigenvalue weighted by atomic mass is 10.2. The van der Waals surface area contributed by atoms with Gasteiger partial charge in [-0.25, -0.2) is 0 Å². The minimum Gasteiger partial charge on any atom is -0.144 e. The van der Waals surface area contributed by atoms with Gasteiger partial charge in [0.25, 0.3) is 0 Å². The molecule has 15 heavy (non-hydrogen) atoms. The number of benzene rings is 1. The molecular formula is C13H11IN+. The molecule has 0 spiro atoms. The highest BCUT2D eigenvalue weighted by Crippen LogP contribution is 2.06. The maximum Gasteiger partial charge on any atom is 0.353 e. The lowest BCUT2D eigenvalue weighted by Crippen LogP contribution is -2.15. The third kappa shape index (κ3) is 3.16. The standard InChI is InChI=1S/C13H11IN/c14-15-10-8-13(9-11-15)7-6-12-4-2-1-3-5-12/h1-11H/q+1/b7-6+. The molecule has 0 radical (unpaired) electrons. The second kappa shape index (κ2) is 5.07. The summed E-state index contributed by atoms with van der Waals surface area (Å²) in [5, 5.41) is 0. The Balaban J connectivity index is 2.15. The molecule has 0 fully saturated rings. The molecule has 1 heterocycles. The van der Waals surface area contributed by atoms with Crippen LogP contribution in [0.5, 0.6) is 0 Å². The van der Waals surface area contributed by atoms with E-state index in [0.717, 1.165) is 0 Å². The van der Waals surface area contributed by atoms with Crippen LogP contribution in [0.3, 0.4) is 0 Å². The van der Waals surface area contributed by atoms with Crippen molar-refractivity contribution in [1.29, 1.82) is 0 Å². The van der Waals surface area contributed by atoms with Crippen LogP contribution in [0.4, 0.5) is 0 Å². The molecule has 1 aromatic carbocycles. The van der Waals surface area contributed by atoms with Gasteiger partial charge in [-0.15, -0.1) is 2.78 Å². The minimum absolute atomic E-state index is 1.21. The number of nitrogens with zero attached hydrogens (tertiary/aromatic N) is 1. The molecule has 1 aromatic heterocycles. The van der Waals surface area contributed by atoms with Crippen LogP contribution in [0.2, 0.25) is 0 Å². The summed E-state index contributed by atoms with van der Waals surface area (Å²) >= 11 is 2.23. The summed E-state index contributed by atoms with van der Waals surface area (Å²) in [4.78, 5) is 0. The van der Waals surface area contributed by atoms with Gasteiger partial charge in [0.15, 0.2) is 12.4 Å². The van der Waals surface area contributed by atoms with E-state index in [4.69, 9.17) is 0 Å². The first-order valence-electron chi connectivity index (χ1n) is 4.75. The van der Waals surface area contributed by atoms with E-state index in [1.807, 2.05) is 33.4 Å². The fourth-order valence-corrected chi connectivity index (χ4v) is 1.61. The Morgan fingerprint density at radius 1 is 0.800 bits per heavy atom. The smallest absolute Gasteiger partial charge is 0.144 e. The summed E-state index contributed by atoms with van der Waals surface area (Å²) in [5.74, 6) is 0. The number of hydrogen-bond acceptors (Lipinski definition) is 0. The summed E-state index contributed by atoms with van der Waals surface area (Å²) in [6.45, 7) is 0. The highest BCUT2D eigenvalue weighted by molar-refractivity contribution is 14.1. The van der Waals surface area contributed by atoms with Gasteiger partial charge in [-0.2, -0.15) is 0 Å². The molecule has 0 amide bonds. The summed E-state index contributed by atoms with van der Waals surface area (Å²) in [6.07, 6.45) is 8.30. The summed E-state index contributed by atoms with van der Waals surface area (Å²) in [6, 6.07) is 14.5. The highest BCUT2D eigenvalue weighted by atomic mass is 127. The molecule has 0 bridgehead atoms. The van der Waals surface area contributed by atoms with Crippen LogP contribution in [0, 0.1) is 0 Å². The SMILES string of the molecule is I[n+]1ccc(/C=C/c2ccccc2)cc1. The Labute approximate surface area is 104 Å². The zero-order valence-corrected chi connectivity index (χ0v) is 10.3. The fourth-order valence-electron chi connectivity index (χ4n) is 1.29. The number of aromatic nitrogens is 1.